The van der Waals surface area contributed by atoms with Crippen LogP contribution in [0.1, 0.15) is 12.5 Å². The normalized spacial score (nSPS) is 10.9. The average molecular weight is 449 g/mol. The molecule has 0 aliphatic rings. The summed E-state index contributed by atoms with van der Waals surface area (Å²) in [6.45, 7) is 2.45. The molecule has 1 amide bonds. The maximum absolute atomic E-state index is 12.2. The maximum Gasteiger partial charge on any atom is 0.250 e. The number of hydrogen-bond donors (Lipinski definition) is 1. The number of nitrogens with zero attached hydrogens (tertiary/aromatic N) is 1. The Morgan fingerprint density at radius 3 is 2.76 bits per heavy atom. The van der Waals surface area contributed by atoms with Gasteiger partial charge in [-0.1, -0.05) is 29.3 Å². The molecule has 3 rings (SSSR count). The number of amides is 1. The van der Waals surface area contributed by atoms with Crippen LogP contribution in [0.15, 0.2) is 47.9 Å². The van der Waals surface area contributed by atoms with E-state index in [1.165, 1.54) is 17.4 Å². The molecule has 1 heterocycles. The number of halogens is 2. The van der Waals surface area contributed by atoms with Gasteiger partial charge in [0, 0.05) is 22.0 Å². The summed E-state index contributed by atoms with van der Waals surface area (Å²) in [5.41, 5.74) is 2.24. The topological polar surface area (TPSA) is 60.5 Å². The Kier molecular flexibility index (Phi) is 7.14. The van der Waals surface area contributed by atoms with Gasteiger partial charge in [0.05, 0.1) is 24.4 Å². The summed E-state index contributed by atoms with van der Waals surface area (Å²) in [5, 5.41) is 6.11. The van der Waals surface area contributed by atoms with Crippen LogP contribution in [-0.4, -0.2) is 24.6 Å². The summed E-state index contributed by atoms with van der Waals surface area (Å²) in [4.78, 5) is 16.7. The van der Waals surface area contributed by atoms with E-state index >= 15 is 0 Å². The van der Waals surface area contributed by atoms with Crippen LogP contribution in [0.5, 0.6) is 11.5 Å². The predicted octanol–water partition coefficient (Wildman–Crippen LogP) is 6.18. The van der Waals surface area contributed by atoms with Crippen molar-refractivity contribution in [3.05, 3.63) is 63.5 Å². The molecular formula is C21H18Cl2N2O3S. The van der Waals surface area contributed by atoms with Crippen LogP contribution in [-0.2, 0) is 4.79 Å². The molecular weight excluding hydrogens is 431 g/mol. The van der Waals surface area contributed by atoms with Crippen molar-refractivity contribution >= 4 is 51.7 Å². The molecule has 1 N–H and O–H groups in total. The van der Waals surface area contributed by atoms with Gasteiger partial charge in [-0.25, -0.2) is 4.98 Å². The SMILES string of the molecule is CCOc1ccc(C=CC(=O)Nc2nc(-c3ccc(Cl)cc3Cl)cs2)cc1OC. The van der Waals surface area contributed by atoms with Crippen molar-refractivity contribution in [2.45, 2.75) is 6.92 Å². The number of thiazole rings is 1. The van der Waals surface area contributed by atoms with Crippen LogP contribution in [0.2, 0.25) is 10.0 Å². The van der Waals surface area contributed by atoms with E-state index in [0.29, 0.717) is 39.0 Å². The molecule has 8 heteroatoms. The second kappa shape index (κ2) is 9.78. The van der Waals surface area contributed by atoms with Crippen molar-refractivity contribution < 1.29 is 14.3 Å². The standard InChI is InChI=1S/C21H18Cl2N2O3S/c1-3-28-18-8-4-13(10-19(18)27-2)5-9-20(26)25-21-24-17(12-29-21)15-7-6-14(22)11-16(15)23/h4-12H,3H2,1-2H3,(H,24,25,26). The molecule has 0 unspecified atom stereocenters. The molecule has 0 aliphatic carbocycles. The highest BCUT2D eigenvalue weighted by atomic mass is 35.5. The number of methoxy groups -OCH3 is 1. The van der Waals surface area contributed by atoms with Crippen LogP contribution in [0.3, 0.4) is 0 Å². The molecule has 0 atom stereocenters. The number of ether oxygens (including phenoxy) is 2. The summed E-state index contributed by atoms with van der Waals surface area (Å²) in [7, 11) is 1.57. The molecule has 0 bridgehead atoms. The van der Waals surface area contributed by atoms with E-state index < -0.39 is 0 Å². The van der Waals surface area contributed by atoms with Crippen molar-refractivity contribution in [1.82, 2.24) is 4.98 Å². The summed E-state index contributed by atoms with van der Waals surface area (Å²) in [5.74, 6) is 0.979. The minimum atomic E-state index is -0.291. The Morgan fingerprint density at radius 2 is 2.03 bits per heavy atom. The molecule has 3 aromatic rings. The quantitative estimate of drug-likeness (QED) is 0.438. The zero-order valence-corrected chi connectivity index (χ0v) is 18.1. The lowest BCUT2D eigenvalue weighted by molar-refractivity contribution is -0.111. The fraction of sp³-hybridized carbons (Fsp3) is 0.143. The van der Waals surface area contributed by atoms with Gasteiger partial charge in [-0.05, 0) is 48.9 Å². The zero-order valence-electron chi connectivity index (χ0n) is 15.7. The number of hydrogen-bond acceptors (Lipinski definition) is 5. The molecule has 0 spiro atoms. The van der Waals surface area contributed by atoms with Gasteiger partial charge in [0.15, 0.2) is 16.6 Å². The van der Waals surface area contributed by atoms with E-state index in [4.69, 9.17) is 32.7 Å². The third-order valence-corrected chi connectivity index (χ3v) is 5.16. The minimum absolute atomic E-state index is 0.291. The number of rotatable bonds is 7. The molecule has 0 radical (unpaired) electrons. The van der Waals surface area contributed by atoms with E-state index in [9.17, 15) is 4.79 Å². The summed E-state index contributed by atoms with van der Waals surface area (Å²) >= 11 is 13.5. The summed E-state index contributed by atoms with van der Waals surface area (Å²) in [6, 6.07) is 10.7. The molecule has 0 saturated carbocycles. The van der Waals surface area contributed by atoms with E-state index in [-0.39, 0.29) is 5.91 Å². The number of carbonyl (C=O) groups excluding carboxylic acids is 1. The Labute approximate surface area is 182 Å². The third kappa shape index (κ3) is 5.50. The number of carbonyl (C=O) groups is 1. The van der Waals surface area contributed by atoms with Crippen LogP contribution in [0, 0.1) is 0 Å². The number of anilines is 1. The monoisotopic (exact) mass is 448 g/mol. The van der Waals surface area contributed by atoms with E-state index in [2.05, 4.69) is 10.3 Å². The lowest BCUT2D eigenvalue weighted by atomic mass is 10.2. The van der Waals surface area contributed by atoms with Crippen LogP contribution in [0.4, 0.5) is 5.13 Å². The molecule has 0 fully saturated rings. The maximum atomic E-state index is 12.2. The molecule has 5 nitrogen and oxygen atoms in total. The van der Waals surface area contributed by atoms with E-state index in [0.717, 1.165) is 11.1 Å². The smallest absolute Gasteiger partial charge is 0.250 e. The molecule has 2 aromatic carbocycles. The number of aromatic nitrogens is 1. The molecule has 0 aliphatic heterocycles. The largest absolute Gasteiger partial charge is 0.493 e. The summed E-state index contributed by atoms with van der Waals surface area (Å²) < 4.78 is 10.8. The second-order valence-corrected chi connectivity index (χ2v) is 7.53. The highest BCUT2D eigenvalue weighted by Gasteiger charge is 2.10. The predicted molar refractivity (Wildman–Crippen MR) is 119 cm³/mol. The molecule has 1 aromatic heterocycles. The van der Waals surface area contributed by atoms with Gasteiger partial charge in [-0.2, -0.15) is 0 Å². The highest BCUT2D eigenvalue weighted by Crippen LogP contribution is 2.32. The Bertz CT molecular complexity index is 1050. The Hall–Kier alpha value is -2.54. The van der Waals surface area contributed by atoms with Gasteiger partial charge in [-0.15, -0.1) is 11.3 Å². The summed E-state index contributed by atoms with van der Waals surface area (Å²) in [6.07, 6.45) is 3.13. The number of nitrogens with one attached hydrogen (secondary N) is 1. The van der Waals surface area contributed by atoms with Crippen LogP contribution in [0.25, 0.3) is 17.3 Å². The van der Waals surface area contributed by atoms with Crippen molar-refractivity contribution in [3.8, 4) is 22.8 Å². The van der Waals surface area contributed by atoms with Crippen LogP contribution < -0.4 is 14.8 Å². The third-order valence-electron chi connectivity index (χ3n) is 3.86. The van der Waals surface area contributed by atoms with Crippen molar-refractivity contribution in [1.29, 1.82) is 0 Å². The van der Waals surface area contributed by atoms with Gasteiger partial charge < -0.3 is 9.47 Å². The van der Waals surface area contributed by atoms with Crippen molar-refractivity contribution in [2.24, 2.45) is 0 Å². The lowest BCUT2D eigenvalue weighted by Gasteiger charge is -2.09. The average Bonchev–Trinajstić information content (AvgIpc) is 3.15. The van der Waals surface area contributed by atoms with Gasteiger partial charge in [-0.3, -0.25) is 10.1 Å². The fourth-order valence-electron chi connectivity index (χ4n) is 2.53. The first-order valence-electron chi connectivity index (χ1n) is 8.71. The first kappa shape index (κ1) is 21.2. The first-order valence-corrected chi connectivity index (χ1v) is 10.3. The Morgan fingerprint density at radius 1 is 1.21 bits per heavy atom. The van der Waals surface area contributed by atoms with Gasteiger partial charge in [0.1, 0.15) is 0 Å². The first-order chi connectivity index (χ1) is 14.0. The van der Waals surface area contributed by atoms with Crippen molar-refractivity contribution in [3.63, 3.8) is 0 Å². The van der Waals surface area contributed by atoms with Crippen molar-refractivity contribution in [2.75, 3.05) is 19.0 Å². The highest BCUT2D eigenvalue weighted by molar-refractivity contribution is 7.14. The molecule has 150 valence electrons. The zero-order chi connectivity index (χ0) is 20.8. The molecule has 0 saturated heterocycles. The second-order valence-electron chi connectivity index (χ2n) is 5.83. The number of benzene rings is 2. The van der Waals surface area contributed by atoms with Crippen LogP contribution >= 0.6 is 34.5 Å². The fourth-order valence-corrected chi connectivity index (χ4v) is 3.75. The minimum Gasteiger partial charge on any atom is -0.493 e. The van der Waals surface area contributed by atoms with E-state index in [1.807, 2.05) is 24.4 Å². The van der Waals surface area contributed by atoms with E-state index in [1.54, 1.807) is 37.5 Å². The van der Waals surface area contributed by atoms with Gasteiger partial charge in [0.25, 0.3) is 0 Å². The van der Waals surface area contributed by atoms with Gasteiger partial charge >= 0.3 is 0 Å². The Balaban J connectivity index is 1.67. The lowest BCUT2D eigenvalue weighted by Crippen LogP contribution is -2.07. The molecule has 29 heavy (non-hydrogen) atoms. The van der Waals surface area contributed by atoms with Gasteiger partial charge in [0.2, 0.25) is 5.91 Å².